The lowest BCUT2D eigenvalue weighted by molar-refractivity contribution is -0.384. The molecule has 3 rings (SSSR count). The number of anilines is 2. The Hall–Kier alpha value is -3.46. The molecular weight excluding hydrogens is 378 g/mol. The number of ether oxygens (including phenoxy) is 1. The van der Waals surface area contributed by atoms with Crippen molar-refractivity contribution < 1.29 is 24.4 Å². The summed E-state index contributed by atoms with van der Waals surface area (Å²) in [6.45, 7) is 3.33. The van der Waals surface area contributed by atoms with E-state index in [1.54, 1.807) is 42.2 Å². The number of nitrogens with one attached hydrogen (secondary N) is 1. The number of aliphatic carboxylic acids is 1. The van der Waals surface area contributed by atoms with Crippen LogP contribution in [0.4, 0.5) is 17.1 Å². The van der Waals surface area contributed by atoms with Crippen molar-refractivity contribution in [3.63, 3.8) is 0 Å². The molecule has 1 heterocycles. The second-order valence-corrected chi connectivity index (χ2v) is 6.67. The monoisotopic (exact) mass is 399 g/mol. The Bertz CT molecular complexity index is 922. The summed E-state index contributed by atoms with van der Waals surface area (Å²) in [4.78, 5) is 36.8. The summed E-state index contributed by atoms with van der Waals surface area (Å²) in [5, 5.41) is 23.3. The minimum Gasteiger partial charge on any atom is -0.481 e. The summed E-state index contributed by atoms with van der Waals surface area (Å²) in [6, 6.07) is 10.9. The minimum atomic E-state index is -0.937. The second kappa shape index (κ2) is 8.70. The third kappa shape index (κ3) is 4.52. The van der Waals surface area contributed by atoms with Crippen molar-refractivity contribution in [3.05, 3.63) is 63.7 Å². The molecule has 9 heteroatoms. The molecule has 152 valence electrons. The van der Waals surface area contributed by atoms with E-state index in [0.717, 1.165) is 0 Å². The summed E-state index contributed by atoms with van der Waals surface area (Å²) >= 11 is 0. The maximum atomic E-state index is 12.9. The molecule has 1 amide bonds. The molecule has 0 saturated carbocycles. The van der Waals surface area contributed by atoms with Crippen LogP contribution in [-0.4, -0.2) is 48.2 Å². The van der Waals surface area contributed by atoms with Crippen LogP contribution >= 0.6 is 0 Å². The van der Waals surface area contributed by atoms with Crippen LogP contribution in [0.5, 0.6) is 0 Å². The highest BCUT2D eigenvalue weighted by atomic mass is 16.6. The van der Waals surface area contributed by atoms with Gasteiger partial charge in [-0.3, -0.25) is 19.7 Å². The van der Waals surface area contributed by atoms with Crippen LogP contribution in [0.15, 0.2) is 42.5 Å². The van der Waals surface area contributed by atoms with E-state index in [9.17, 15) is 19.7 Å². The van der Waals surface area contributed by atoms with E-state index in [1.165, 1.54) is 12.1 Å². The number of nitrogens with zero attached hydrogens (tertiary/aromatic N) is 2. The van der Waals surface area contributed by atoms with Crippen LogP contribution in [-0.2, 0) is 9.53 Å². The first kappa shape index (κ1) is 20.3. The first-order valence-electron chi connectivity index (χ1n) is 9.12. The number of para-hydroxylation sites is 1. The number of carbonyl (C=O) groups excluding carboxylic acids is 1. The van der Waals surface area contributed by atoms with Crippen LogP contribution in [0.3, 0.4) is 0 Å². The fourth-order valence-electron chi connectivity index (χ4n) is 3.18. The Morgan fingerprint density at radius 2 is 1.83 bits per heavy atom. The van der Waals surface area contributed by atoms with Crippen molar-refractivity contribution in [3.8, 4) is 0 Å². The lowest BCUT2D eigenvalue weighted by atomic mass is 10.0. The summed E-state index contributed by atoms with van der Waals surface area (Å²) in [7, 11) is 0. The Balaban J connectivity index is 1.88. The highest BCUT2D eigenvalue weighted by molar-refractivity contribution is 6.09. The molecule has 2 aromatic carbocycles. The van der Waals surface area contributed by atoms with Gasteiger partial charge in [-0.1, -0.05) is 18.2 Å². The molecule has 0 bridgehead atoms. The van der Waals surface area contributed by atoms with E-state index >= 15 is 0 Å². The number of nitro benzene ring substituents is 1. The average Bonchev–Trinajstić information content (AvgIpc) is 2.73. The topological polar surface area (TPSA) is 122 Å². The van der Waals surface area contributed by atoms with Gasteiger partial charge in [0.05, 0.1) is 29.6 Å². The van der Waals surface area contributed by atoms with E-state index in [1.807, 2.05) is 0 Å². The summed E-state index contributed by atoms with van der Waals surface area (Å²) in [5.41, 5.74) is 1.42. The molecule has 0 radical (unpaired) electrons. The molecule has 1 unspecified atom stereocenters. The smallest absolute Gasteiger partial charge is 0.310 e. The van der Waals surface area contributed by atoms with Crippen LogP contribution in [0.2, 0.25) is 0 Å². The predicted octanol–water partition coefficient (Wildman–Crippen LogP) is 2.87. The molecule has 2 aromatic rings. The number of carboxylic acid groups (broad SMARTS) is 1. The predicted molar refractivity (Wildman–Crippen MR) is 107 cm³/mol. The minimum absolute atomic E-state index is 0.134. The highest BCUT2D eigenvalue weighted by Gasteiger charge is 2.27. The average molecular weight is 399 g/mol. The number of amides is 1. The van der Waals surface area contributed by atoms with E-state index < -0.39 is 22.7 Å². The summed E-state index contributed by atoms with van der Waals surface area (Å²) in [6.07, 6.45) is 0. The van der Waals surface area contributed by atoms with Crippen LogP contribution < -0.4 is 10.2 Å². The van der Waals surface area contributed by atoms with Gasteiger partial charge in [-0.25, -0.2) is 0 Å². The first-order valence-corrected chi connectivity index (χ1v) is 9.12. The number of hydrogen-bond acceptors (Lipinski definition) is 6. The van der Waals surface area contributed by atoms with Crippen LogP contribution in [0.25, 0.3) is 0 Å². The van der Waals surface area contributed by atoms with Gasteiger partial charge in [-0.15, -0.1) is 0 Å². The van der Waals surface area contributed by atoms with E-state index in [4.69, 9.17) is 9.84 Å². The molecule has 2 N–H and O–H groups in total. The molecule has 0 aromatic heterocycles. The molecule has 1 aliphatic rings. The summed E-state index contributed by atoms with van der Waals surface area (Å²) in [5.74, 6) is -2.08. The van der Waals surface area contributed by atoms with Crippen molar-refractivity contribution >= 4 is 28.9 Å². The number of morpholine rings is 1. The number of nitro groups is 1. The normalized spacial score (nSPS) is 14.9. The van der Waals surface area contributed by atoms with Gasteiger partial charge in [-0.05, 0) is 30.7 Å². The van der Waals surface area contributed by atoms with Gasteiger partial charge < -0.3 is 20.1 Å². The molecule has 1 aliphatic heterocycles. The van der Waals surface area contributed by atoms with Gasteiger partial charge in [0.25, 0.3) is 11.6 Å². The maximum Gasteiger partial charge on any atom is 0.310 e. The molecule has 1 fully saturated rings. The highest BCUT2D eigenvalue weighted by Crippen LogP contribution is 2.33. The molecule has 1 saturated heterocycles. The van der Waals surface area contributed by atoms with E-state index in [-0.39, 0.29) is 16.9 Å². The Kier molecular flexibility index (Phi) is 6.08. The number of carboxylic acids is 1. The fraction of sp³-hybridized carbons (Fsp3) is 0.300. The van der Waals surface area contributed by atoms with E-state index in [2.05, 4.69) is 5.32 Å². The van der Waals surface area contributed by atoms with E-state index in [0.29, 0.717) is 37.6 Å². The third-order valence-corrected chi connectivity index (χ3v) is 4.82. The Labute approximate surface area is 167 Å². The number of rotatable bonds is 6. The SMILES string of the molecule is CC(C(=O)O)c1ccc(NC(=O)c2cccc([N+](=O)[O-])c2N2CCOCC2)cc1. The van der Waals surface area contributed by atoms with Crippen molar-refractivity contribution in [2.24, 2.45) is 0 Å². The lowest BCUT2D eigenvalue weighted by Crippen LogP contribution is -2.37. The lowest BCUT2D eigenvalue weighted by Gasteiger charge is -2.29. The van der Waals surface area contributed by atoms with Crippen LogP contribution in [0, 0.1) is 10.1 Å². The molecule has 29 heavy (non-hydrogen) atoms. The van der Waals surface area contributed by atoms with Gasteiger partial charge in [0.1, 0.15) is 5.69 Å². The zero-order valence-corrected chi connectivity index (χ0v) is 15.8. The Morgan fingerprint density at radius 3 is 2.41 bits per heavy atom. The third-order valence-electron chi connectivity index (χ3n) is 4.82. The largest absolute Gasteiger partial charge is 0.481 e. The molecule has 0 aliphatic carbocycles. The molecule has 9 nitrogen and oxygen atoms in total. The van der Waals surface area contributed by atoms with Gasteiger partial charge >= 0.3 is 5.97 Å². The fourth-order valence-corrected chi connectivity index (χ4v) is 3.18. The zero-order chi connectivity index (χ0) is 21.0. The Morgan fingerprint density at radius 1 is 1.17 bits per heavy atom. The van der Waals surface area contributed by atoms with Gasteiger partial charge in [0.2, 0.25) is 0 Å². The van der Waals surface area contributed by atoms with Gasteiger partial charge in [0, 0.05) is 24.8 Å². The molecule has 1 atom stereocenters. The molecule has 0 spiro atoms. The number of benzene rings is 2. The molecular formula is C20H21N3O6. The van der Waals surface area contributed by atoms with Crippen molar-refractivity contribution in [1.82, 2.24) is 0 Å². The van der Waals surface area contributed by atoms with Gasteiger partial charge in [-0.2, -0.15) is 0 Å². The van der Waals surface area contributed by atoms with Crippen molar-refractivity contribution in [1.29, 1.82) is 0 Å². The quantitative estimate of drug-likeness (QED) is 0.566. The number of hydrogen-bond donors (Lipinski definition) is 2. The van der Waals surface area contributed by atoms with Crippen molar-refractivity contribution in [2.75, 3.05) is 36.5 Å². The maximum absolute atomic E-state index is 12.9. The zero-order valence-electron chi connectivity index (χ0n) is 15.8. The van der Waals surface area contributed by atoms with Gasteiger partial charge in [0.15, 0.2) is 0 Å². The first-order chi connectivity index (χ1) is 13.9. The standard InChI is InChI=1S/C20H21N3O6/c1-13(20(25)26)14-5-7-15(8-6-14)21-19(24)16-3-2-4-17(23(27)28)18(16)22-9-11-29-12-10-22/h2-8,13H,9-12H2,1H3,(H,21,24)(H,25,26). The van der Waals surface area contributed by atoms with Crippen molar-refractivity contribution in [2.45, 2.75) is 12.8 Å². The summed E-state index contributed by atoms with van der Waals surface area (Å²) < 4.78 is 5.31. The number of carbonyl (C=O) groups is 2. The second-order valence-electron chi connectivity index (χ2n) is 6.67. The van der Waals surface area contributed by atoms with Crippen LogP contribution in [0.1, 0.15) is 28.8 Å².